The summed E-state index contributed by atoms with van der Waals surface area (Å²) in [6, 6.07) is 16.6. The van der Waals surface area contributed by atoms with Crippen LogP contribution in [-0.4, -0.2) is 30.4 Å². The molecule has 0 bridgehead atoms. The van der Waals surface area contributed by atoms with E-state index in [4.69, 9.17) is 0 Å². The average Bonchev–Trinajstić information content (AvgIpc) is 3.24. The minimum absolute atomic E-state index is 0.235. The van der Waals surface area contributed by atoms with Crippen LogP contribution in [0.15, 0.2) is 60.7 Å². The Hall–Kier alpha value is -3.06. The molecular weight excluding hydrogens is 344 g/mol. The first-order valence-electron chi connectivity index (χ1n) is 8.99. The highest BCUT2D eigenvalue weighted by atomic mass is 16.3. The normalized spacial score (nSPS) is 17.1. The van der Waals surface area contributed by atoms with Crippen molar-refractivity contribution in [3.05, 3.63) is 71.1 Å². The Labute approximate surface area is 157 Å². The van der Waals surface area contributed by atoms with Crippen LogP contribution in [0.2, 0.25) is 0 Å². The number of carbonyl (C=O) groups excluding carboxylic acids is 2. The third-order valence-corrected chi connectivity index (χ3v) is 4.57. The Morgan fingerprint density at radius 3 is 2.37 bits per heavy atom. The number of hydrogen-bond acceptors (Lipinski definition) is 5. The van der Waals surface area contributed by atoms with Gasteiger partial charge in [-0.05, 0) is 37.1 Å². The summed E-state index contributed by atoms with van der Waals surface area (Å²) in [6.07, 6.45) is 1.92. The molecule has 1 heterocycles. The topological polar surface area (TPSA) is 92.6 Å². The maximum Gasteiger partial charge on any atom is 0.494 e. The Kier molecular flexibility index (Phi) is 6.27. The largest absolute Gasteiger partial charge is 0.494 e. The summed E-state index contributed by atoms with van der Waals surface area (Å²) in [5.74, 6) is -0.799. The number of amides is 2. The Bertz CT molecular complexity index is 776. The number of hydrogen-bond donors (Lipinski definition) is 2. The zero-order valence-corrected chi connectivity index (χ0v) is 14.9. The van der Waals surface area contributed by atoms with Crippen molar-refractivity contribution in [2.75, 3.05) is 11.6 Å². The van der Waals surface area contributed by atoms with Gasteiger partial charge >= 0.3 is 11.2 Å². The fourth-order valence-electron chi connectivity index (χ4n) is 3.16. The SMILES string of the molecule is O=[N+]N(C(=O)[C@H](Cc1ccccc1)NC(=O)[C@@H]1CCCN1)c1ccccc1. The molecular formula is C20H22N4O3+. The third kappa shape index (κ3) is 4.77. The molecule has 1 radical (unpaired) electrons. The van der Waals surface area contributed by atoms with Crippen LogP contribution in [0.5, 0.6) is 0 Å². The molecule has 7 nitrogen and oxygen atoms in total. The number of nitrogens with one attached hydrogen (secondary N) is 2. The van der Waals surface area contributed by atoms with E-state index in [0.717, 1.165) is 30.0 Å². The van der Waals surface area contributed by atoms with Gasteiger partial charge in [0.05, 0.1) is 6.04 Å². The van der Waals surface area contributed by atoms with E-state index in [1.165, 1.54) is 0 Å². The molecule has 1 aliphatic rings. The first kappa shape index (κ1) is 18.7. The van der Waals surface area contributed by atoms with Crippen molar-refractivity contribution in [3.63, 3.8) is 0 Å². The number of nitroso groups, excluding NO2 is 1. The van der Waals surface area contributed by atoms with E-state index in [2.05, 4.69) is 15.9 Å². The van der Waals surface area contributed by atoms with Crippen LogP contribution in [0.25, 0.3) is 0 Å². The molecule has 139 valence electrons. The summed E-state index contributed by atoms with van der Waals surface area (Å²) in [6.45, 7) is 0.779. The summed E-state index contributed by atoms with van der Waals surface area (Å²) in [5, 5.41) is 9.61. The molecule has 1 aliphatic heterocycles. The molecule has 0 saturated carbocycles. The van der Waals surface area contributed by atoms with Crippen molar-refractivity contribution in [3.8, 4) is 0 Å². The summed E-state index contributed by atoms with van der Waals surface area (Å²) < 4.78 is 0. The van der Waals surface area contributed by atoms with Gasteiger partial charge in [-0.2, -0.15) is 0 Å². The highest BCUT2D eigenvalue weighted by Crippen LogP contribution is 2.15. The van der Waals surface area contributed by atoms with Gasteiger partial charge < -0.3 is 10.6 Å². The van der Waals surface area contributed by atoms with Crippen LogP contribution in [0.4, 0.5) is 5.69 Å². The van der Waals surface area contributed by atoms with Gasteiger partial charge in [-0.15, -0.1) is 0 Å². The van der Waals surface area contributed by atoms with Crippen molar-refractivity contribution in [1.82, 2.24) is 15.9 Å². The van der Waals surface area contributed by atoms with Crippen LogP contribution in [-0.2, 0) is 16.0 Å². The fourth-order valence-corrected chi connectivity index (χ4v) is 3.16. The van der Waals surface area contributed by atoms with Crippen molar-refractivity contribution in [1.29, 1.82) is 0 Å². The molecule has 7 heteroatoms. The van der Waals surface area contributed by atoms with Crippen molar-refractivity contribution < 1.29 is 9.59 Å². The molecule has 0 aliphatic carbocycles. The molecule has 0 aromatic heterocycles. The fraction of sp³-hybridized carbons (Fsp3) is 0.300. The second kappa shape index (κ2) is 9.05. The molecule has 2 N–H and O–H groups in total. The number of nitrogens with zero attached hydrogens (tertiary/aromatic N) is 2. The number of benzene rings is 2. The van der Waals surface area contributed by atoms with E-state index in [-0.39, 0.29) is 18.4 Å². The minimum Gasteiger partial charge on any atom is -0.342 e. The second-order valence-corrected chi connectivity index (χ2v) is 6.47. The van der Waals surface area contributed by atoms with E-state index < -0.39 is 11.9 Å². The van der Waals surface area contributed by atoms with Gasteiger partial charge in [0.25, 0.3) is 0 Å². The van der Waals surface area contributed by atoms with Crippen LogP contribution < -0.4 is 20.9 Å². The Morgan fingerprint density at radius 2 is 1.78 bits per heavy atom. The molecule has 2 aromatic carbocycles. The summed E-state index contributed by atoms with van der Waals surface area (Å²) in [7, 11) is 0. The average molecular weight is 366 g/mol. The van der Waals surface area contributed by atoms with Gasteiger partial charge in [0, 0.05) is 11.4 Å². The lowest BCUT2D eigenvalue weighted by molar-refractivity contribution is -0.128. The maximum absolute atomic E-state index is 13.0. The van der Waals surface area contributed by atoms with E-state index in [1.807, 2.05) is 30.3 Å². The summed E-state index contributed by atoms with van der Waals surface area (Å²) in [4.78, 5) is 36.9. The van der Waals surface area contributed by atoms with Gasteiger partial charge in [0.2, 0.25) is 5.91 Å². The monoisotopic (exact) mass is 366 g/mol. The van der Waals surface area contributed by atoms with Crippen LogP contribution in [0.3, 0.4) is 0 Å². The molecule has 2 atom stereocenters. The second-order valence-electron chi connectivity index (χ2n) is 6.47. The third-order valence-electron chi connectivity index (χ3n) is 4.57. The Balaban J connectivity index is 1.81. The predicted molar refractivity (Wildman–Crippen MR) is 103 cm³/mol. The number of carbonyl (C=O) groups is 2. The number of para-hydroxylation sites is 1. The molecule has 1 fully saturated rings. The molecule has 3 rings (SSSR count). The molecule has 2 amide bonds. The summed E-state index contributed by atoms with van der Waals surface area (Å²) >= 11 is 0. The van der Waals surface area contributed by atoms with Crippen LogP contribution >= 0.6 is 0 Å². The van der Waals surface area contributed by atoms with Gasteiger partial charge in [-0.1, -0.05) is 48.5 Å². The standard InChI is InChI=1S/C20H22N4O3/c25-19(17-12-7-13-21-17)22-18(14-15-8-3-1-4-9-15)20(26)24(23-27)16-10-5-2-6-11-16/h1-6,8-11,17-18,21H,7,12-14H2,(H,22,25)/q+1/t17-,18-/m0/s1. The predicted octanol–water partition coefficient (Wildman–Crippen LogP) is 1.52. The highest BCUT2D eigenvalue weighted by Gasteiger charge is 2.37. The molecule has 2 aromatic rings. The minimum atomic E-state index is -0.889. The van der Waals surface area contributed by atoms with Gasteiger partial charge in [-0.25, -0.2) is 0 Å². The quantitative estimate of drug-likeness (QED) is 0.727. The van der Waals surface area contributed by atoms with Gasteiger partial charge in [0.15, 0.2) is 0 Å². The Morgan fingerprint density at radius 1 is 1.11 bits per heavy atom. The van der Waals surface area contributed by atoms with Crippen LogP contribution in [0.1, 0.15) is 18.4 Å². The highest BCUT2D eigenvalue weighted by molar-refractivity contribution is 5.99. The van der Waals surface area contributed by atoms with Gasteiger partial charge in [-0.3, -0.25) is 9.59 Å². The van der Waals surface area contributed by atoms with Crippen LogP contribution in [0, 0.1) is 4.91 Å². The molecule has 27 heavy (non-hydrogen) atoms. The zero-order chi connectivity index (χ0) is 19.1. The zero-order valence-electron chi connectivity index (χ0n) is 14.9. The summed E-state index contributed by atoms with van der Waals surface area (Å²) in [5.41, 5.74) is 1.25. The van der Waals surface area contributed by atoms with E-state index in [1.54, 1.807) is 30.3 Å². The molecule has 1 saturated heterocycles. The lowest BCUT2D eigenvalue weighted by Gasteiger charge is -2.20. The van der Waals surface area contributed by atoms with E-state index in [9.17, 15) is 14.5 Å². The van der Waals surface area contributed by atoms with Crippen molar-refractivity contribution >= 4 is 17.5 Å². The first-order chi connectivity index (χ1) is 13.2. The smallest absolute Gasteiger partial charge is 0.342 e. The van der Waals surface area contributed by atoms with Crippen molar-refractivity contribution in [2.24, 2.45) is 0 Å². The van der Waals surface area contributed by atoms with E-state index in [0.29, 0.717) is 5.69 Å². The molecule has 0 unspecified atom stereocenters. The lowest BCUT2D eigenvalue weighted by atomic mass is 10.0. The van der Waals surface area contributed by atoms with E-state index >= 15 is 0 Å². The first-order valence-corrected chi connectivity index (χ1v) is 8.99. The van der Waals surface area contributed by atoms with Crippen molar-refractivity contribution in [2.45, 2.75) is 31.3 Å². The molecule has 0 spiro atoms. The number of rotatable bonds is 7. The van der Waals surface area contributed by atoms with Gasteiger partial charge in [0.1, 0.15) is 16.6 Å². The lowest BCUT2D eigenvalue weighted by Crippen LogP contribution is -2.53. The maximum atomic E-state index is 13.0. The number of anilines is 1.